The van der Waals surface area contributed by atoms with E-state index in [0.29, 0.717) is 21.7 Å². The molecule has 7 nitrogen and oxygen atoms in total. The second-order valence-electron chi connectivity index (χ2n) is 7.43. The number of thiophene rings is 1. The third kappa shape index (κ3) is 4.29. The molecule has 33 heavy (non-hydrogen) atoms. The van der Waals surface area contributed by atoms with Gasteiger partial charge < -0.3 is 10.1 Å². The summed E-state index contributed by atoms with van der Waals surface area (Å²) in [7, 11) is 0. The van der Waals surface area contributed by atoms with E-state index in [2.05, 4.69) is 5.32 Å². The van der Waals surface area contributed by atoms with Gasteiger partial charge in [-0.15, -0.1) is 11.3 Å². The predicted molar refractivity (Wildman–Crippen MR) is 126 cm³/mol. The van der Waals surface area contributed by atoms with Crippen LogP contribution in [0.2, 0.25) is 0 Å². The number of anilines is 1. The minimum absolute atomic E-state index is 0.0528. The first-order valence-corrected chi connectivity index (χ1v) is 11.3. The molecule has 0 spiro atoms. The lowest BCUT2D eigenvalue weighted by Crippen LogP contribution is -2.32. The molecular formula is C25H22N2O5S. The summed E-state index contributed by atoms with van der Waals surface area (Å²) in [6.45, 7) is 3.75. The third-order valence-corrected chi connectivity index (χ3v) is 6.34. The quantitative estimate of drug-likeness (QED) is 0.412. The maximum Gasteiger partial charge on any atom is 0.341 e. The molecule has 8 heteroatoms. The second-order valence-corrected chi connectivity index (χ2v) is 8.65. The highest BCUT2D eigenvalue weighted by molar-refractivity contribution is 7.17. The molecule has 0 unspecified atom stereocenters. The Morgan fingerprint density at radius 3 is 2.18 bits per heavy atom. The van der Waals surface area contributed by atoms with Gasteiger partial charge in [0.2, 0.25) is 5.91 Å². The number of fused-ring (bicyclic) bond motifs is 1. The van der Waals surface area contributed by atoms with Gasteiger partial charge in [0.15, 0.2) is 0 Å². The van der Waals surface area contributed by atoms with Crippen LogP contribution in [0.1, 0.15) is 49.3 Å². The molecule has 0 fully saturated rings. The zero-order valence-corrected chi connectivity index (χ0v) is 19.0. The first-order chi connectivity index (χ1) is 15.9. The number of carbonyl (C=O) groups excluding carboxylic acids is 4. The molecule has 3 amide bonds. The zero-order valence-electron chi connectivity index (χ0n) is 18.2. The number of aryl methyl sites for hydroxylation is 1. The highest BCUT2D eigenvalue weighted by Crippen LogP contribution is 2.40. The smallest absolute Gasteiger partial charge is 0.341 e. The van der Waals surface area contributed by atoms with Gasteiger partial charge in [-0.05, 0) is 31.5 Å². The van der Waals surface area contributed by atoms with Crippen molar-refractivity contribution in [1.82, 2.24) is 4.90 Å². The lowest BCUT2D eigenvalue weighted by Gasteiger charge is -2.13. The molecule has 1 aliphatic rings. The van der Waals surface area contributed by atoms with Crippen LogP contribution in [0.25, 0.3) is 11.1 Å². The van der Waals surface area contributed by atoms with Gasteiger partial charge in [-0.3, -0.25) is 19.3 Å². The van der Waals surface area contributed by atoms with Crippen molar-refractivity contribution in [3.8, 4) is 11.1 Å². The summed E-state index contributed by atoms with van der Waals surface area (Å²) in [4.78, 5) is 52.5. The molecule has 0 saturated carbocycles. The summed E-state index contributed by atoms with van der Waals surface area (Å²) in [5, 5.41) is 3.17. The van der Waals surface area contributed by atoms with Gasteiger partial charge in [-0.2, -0.15) is 0 Å². The first kappa shape index (κ1) is 22.4. The average Bonchev–Trinajstić information content (AvgIpc) is 3.26. The Morgan fingerprint density at radius 2 is 1.58 bits per heavy atom. The number of esters is 1. The summed E-state index contributed by atoms with van der Waals surface area (Å²) in [5.41, 5.74) is 2.55. The molecule has 2 heterocycles. The van der Waals surface area contributed by atoms with E-state index >= 15 is 0 Å². The number of nitrogens with zero attached hydrogens (tertiary/aromatic N) is 1. The van der Waals surface area contributed by atoms with Crippen molar-refractivity contribution in [3.63, 3.8) is 0 Å². The second kappa shape index (κ2) is 9.38. The Morgan fingerprint density at radius 1 is 0.970 bits per heavy atom. The molecular weight excluding hydrogens is 440 g/mol. The maximum absolute atomic E-state index is 12.8. The van der Waals surface area contributed by atoms with Crippen molar-refractivity contribution in [1.29, 1.82) is 0 Å². The summed E-state index contributed by atoms with van der Waals surface area (Å²) < 4.78 is 5.25. The van der Waals surface area contributed by atoms with Gasteiger partial charge in [0, 0.05) is 23.4 Å². The molecule has 168 valence electrons. The highest BCUT2D eigenvalue weighted by Gasteiger charge is 2.35. The van der Waals surface area contributed by atoms with Crippen LogP contribution in [0, 0.1) is 6.92 Å². The van der Waals surface area contributed by atoms with Crippen molar-refractivity contribution in [3.05, 3.63) is 76.2 Å². The molecule has 1 aliphatic heterocycles. The topological polar surface area (TPSA) is 92.8 Å². The summed E-state index contributed by atoms with van der Waals surface area (Å²) in [5.74, 6) is -1.74. The highest BCUT2D eigenvalue weighted by atomic mass is 32.1. The van der Waals surface area contributed by atoms with E-state index in [1.165, 1.54) is 11.3 Å². The van der Waals surface area contributed by atoms with E-state index in [4.69, 9.17) is 4.74 Å². The van der Waals surface area contributed by atoms with Gasteiger partial charge >= 0.3 is 5.97 Å². The predicted octanol–water partition coefficient (Wildman–Crippen LogP) is 4.53. The Balaban J connectivity index is 1.53. The van der Waals surface area contributed by atoms with Crippen LogP contribution in [-0.4, -0.2) is 41.7 Å². The SMILES string of the molecule is CCOC(=O)c1c(NC(=O)CCN2C(=O)c3ccccc3C2=O)sc(C)c1-c1ccccc1. The van der Waals surface area contributed by atoms with Crippen LogP contribution >= 0.6 is 11.3 Å². The normalized spacial score (nSPS) is 12.6. The lowest BCUT2D eigenvalue weighted by molar-refractivity contribution is -0.116. The van der Waals surface area contributed by atoms with Crippen LogP contribution in [0.5, 0.6) is 0 Å². The van der Waals surface area contributed by atoms with Gasteiger partial charge in [-0.1, -0.05) is 42.5 Å². The Hall–Kier alpha value is -3.78. The number of hydrogen-bond donors (Lipinski definition) is 1. The Kier molecular flexibility index (Phi) is 6.37. The lowest BCUT2D eigenvalue weighted by atomic mass is 10.0. The van der Waals surface area contributed by atoms with Crippen molar-refractivity contribution in [2.45, 2.75) is 20.3 Å². The fraction of sp³-hybridized carbons (Fsp3) is 0.200. The molecule has 0 bridgehead atoms. The molecule has 0 radical (unpaired) electrons. The number of rotatable bonds is 7. The number of nitrogens with one attached hydrogen (secondary N) is 1. The fourth-order valence-electron chi connectivity index (χ4n) is 3.83. The molecule has 3 aromatic rings. The zero-order chi connectivity index (χ0) is 23.5. The van der Waals surface area contributed by atoms with Crippen LogP contribution in [-0.2, 0) is 9.53 Å². The van der Waals surface area contributed by atoms with Gasteiger partial charge in [0.05, 0.1) is 17.7 Å². The molecule has 2 aromatic carbocycles. The maximum atomic E-state index is 12.8. The van der Waals surface area contributed by atoms with Gasteiger partial charge in [-0.25, -0.2) is 4.79 Å². The van der Waals surface area contributed by atoms with E-state index in [1.54, 1.807) is 31.2 Å². The number of ether oxygens (including phenoxy) is 1. The molecule has 1 N–H and O–H groups in total. The van der Waals surface area contributed by atoms with Crippen LogP contribution < -0.4 is 5.32 Å². The number of amides is 3. The third-order valence-electron chi connectivity index (χ3n) is 5.32. The minimum Gasteiger partial charge on any atom is -0.462 e. The van der Waals surface area contributed by atoms with Gasteiger partial charge in [0.25, 0.3) is 11.8 Å². The van der Waals surface area contributed by atoms with Crippen molar-refractivity contribution < 1.29 is 23.9 Å². The minimum atomic E-state index is -0.517. The monoisotopic (exact) mass is 462 g/mol. The van der Waals surface area contributed by atoms with Crippen molar-refractivity contribution in [2.24, 2.45) is 0 Å². The van der Waals surface area contributed by atoms with E-state index in [9.17, 15) is 19.2 Å². The summed E-state index contributed by atoms with van der Waals surface area (Å²) >= 11 is 1.29. The number of imide groups is 1. The molecule has 0 saturated heterocycles. The molecule has 0 aliphatic carbocycles. The van der Waals surface area contributed by atoms with Crippen molar-refractivity contribution in [2.75, 3.05) is 18.5 Å². The number of carbonyl (C=O) groups is 4. The Labute approximate surface area is 195 Å². The summed E-state index contributed by atoms with van der Waals surface area (Å²) in [6, 6.07) is 16.0. The standard InChI is InChI=1S/C25H22N2O5S/c1-3-32-25(31)21-20(16-9-5-4-6-10-16)15(2)33-22(21)26-19(28)13-14-27-23(29)17-11-7-8-12-18(17)24(27)30/h4-12H,3,13-14H2,1-2H3,(H,26,28). The largest absolute Gasteiger partial charge is 0.462 e. The van der Waals surface area contributed by atoms with E-state index in [1.807, 2.05) is 37.3 Å². The number of hydrogen-bond acceptors (Lipinski definition) is 6. The van der Waals surface area contributed by atoms with Crippen LogP contribution in [0.4, 0.5) is 5.00 Å². The fourth-order valence-corrected chi connectivity index (χ4v) is 4.91. The number of benzene rings is 2. The van der Waals surface area contributed by atoms with Crippen LogP contribution in [0.15, 0.2) is 54.6 Å². The van der Waals surface area contributed by atoms with Gasteiger partial charge in [0.1, 0.15) is 10.6 Å². The molecule has 1 aromatic heterocycles. The average molecular weight is 463 g/mol. The molecule has 4 rings (SSSR count). The van der Waals surface area contributed by atoms with E-state index in [0.717, 1.165) is 20.9 Å². The van der Waals surface area contributed by atoms with Crippen LogP contribution in [0.3, 0.4) is 0 Å². The van der Waals surface area contributed by atoms with E-state index < -0.39 is 23.7 Å². The Bertz CT molecular complexity index is 1210. The summed E-state index contributed by atoms with van der Waals surface area (Å²) in [6.07, 6.45) is -0.0919. The molecule has 0 atom stereocenters. The van der Waals surface area contributed by atoms with Crippen molar-refractivity contribution >= 4 is 40.0 Å². The van der Waals surface area contributed by atoms with E-state index in [-0.39, 0.29) is 19.6 Å². The first-order valence-electron chi connectivity index (χ1n) is 10.5.